The Morgan fingerprint density at radius 1 is 1.27 bits per heavy atom. The first-order valence-electron chi connectivity index (χ1n) is 9.82. The summed E-state index contributed by atoms with van der Waals surface area (Å²) in [5.74, 6) is 1.29. The zero-order valence-electron chi connectivity index (χ0n) is 15.4. The van der Waals surface area contributed by atoms with Crippen LogP contribution in [-0.2, 0) is 11.2 Å². The average molecular weight is 352 g/mol. The van der Waals surface area contributed by atoms with E-state index < -0.39 is 0 Å². The first-order chi connectivity index (χ1) is 12.7. The Hall–Kier alpha value is -2.14. The van der Waals surface area contributed by atoms with Crippen molar-refractivity contribution >= 4 is 11.7 Å². The van der Waals surface area contributed by atoms with Crippen molar-refractivity contribution in [1.29, 1.82) is 0 Å². The van der Waals surface area contributed by atoms with Crippen molar-refractivity contribution in [1.82, 2.24) is 9.78 Å². The Morgan fingerprint density at radius 2 is 2.12 bits per heavy atom. The minimum atomic E-state index is 0.0291. The molecule has 1 unspecified atom stereocenters. The van der Waals surface area contributed by atoms with Crippen LogP contribution in [0.1, 0.15) is 54.8 Å². The van der Waals surface area contributed by atoms with Crippen LogP contribution in [-0.4, -0.2) is 22.2 Å². The molecular weight excluding hydrogens is 324 g/mol. The van der Waals surface area contributed by atoms with Gasteiger partial charge in [0.2, 0.25) is 5.91 Å². The smallest absolute Gasteiger partial charge is 0.228 e. The maximum Gasteiger partial charge on any atom is 0.228 e. The van der Waals surface area contributed by atoms with Crippen molar-refractivity contribution in [2.24, 2.45) is 17.6 Å². The van der Waals surface area contributed by atoms with Gasteiger partial charge in [0.15, 0.2) is 0 Å². The van der Waals surface area contributed by atoms with Gasteiger partial charge in [0.05, 0.1) is 12.2 Å². The molecule has 0 aliphatic heterocycles. The van der Waals surface area contributed by atoms with Gasteiger partial charge >= 0.3 is 0 Å². The molecule has 1 aromatic heterocycles. The Bertz CT molecular complexity index is 797. The molecule has 0 bridgehead atoms. The first kappa shape index (κ1) is 17.3. The molecule has 0 spiro atoms. The summed E-state index contributed by atoms with van der Waals surface area (Å²) >= 11 is 0. The number of carbonyl (C=O) groups excluding carboxylic acids is 1. The van der Waals surface area contributed by atoms with Crippen LogP contribution in [0.4, 0.5) is 5.82 Å². The Morgan fingerprint density at radius 3 is 2.96 bits per heavy atom. The second-order valence-electron chi connectivity index (χ2n) is 7.75. The van der Waals surface area contributed by atoms with Crippen LogP contribution in [0.3, 0.4) is 0 Å². The zero-order valence-corrected chi connectivity index (χ0v) is 15.4. The number of fused-ring (bicyclic) bond motifs is 1. The number of nitrogens with one attached hydrogen (secondary N) is 1. The predicted octanol–water partition coefficient (Wildman–Crippen LogP) is 3.43. The van der Waals surface area contributed by atoms with E-state index in [2.05, 4.69) is 34.7 Å². The summed E-state index contributed by atoms with van der Waals surface area (Å²) in [6, 6.07) is 8.79. The molecule has 0 radical (unpaired) electrons. The molecule has 2 aromatic rings. The number of benzene rings is 1. The lowest BCUT2D eigenvalue weighted by Gasteiger charge is -2.28. The van der Waals surface area contributed by atoms with Crippen molar-refractivity contribution in [2.75, 3.05) is 11.9 Å². The fourth-order valence-electron chi connectivity index (χ4n) is 4.70. The van der Waals surface area contributed by atoms with Crippen LogP contribution in [0, 0.1) is 18.8 Å². The second kappa shape index (κ2) is 7.23. The number of anilines is 1. The van der Waals surface area contributed by atoms with Gasteiger partial charge in [-0.2, -0.15) is 5.10 Å². The van der Waals surface area contributed by atoms with Crippen LogP contribution >= 0.6 is 0 Å². The third-order valence-corrected chi connectivity index (χ3v) is 6.15. The van der Waals surface area contributed by atoms with E-state index in [4.69, 9.17) is 5.73 Å². The van der Waals surface area contributed by atoms with Gasteiger partial charge in [-0.3, -0.25) is 4.79 Å². The molecule has 5 nitrogen and oxygen atoms in total. The number of nitrogens with two attached hydrogens (primary N) is 1. The Balaban J connectivity index is 1.62. The summed E-state index contributed by atoms with van der Waals surface area (Å²) < 4.78 is 2.03. The van der Waals surface area contributed by atoms with Crippen molar-refractivity contribution in [3.8, 4) is 0 Å². The molecule has 2 aliphatic rings. The van der Waals surface area contributed by atoms with Crippen LogP contribution in [0.2, 0.25) is 0 Å². The summed E-state index contributed by atoms with van der Waals surface area (Å²) in [7, 11) is 0. The van der Waals surface area contributed by atoms with Gasteiger partial charge in [0.1, 0.15) is 5.82 Å². The predicted molar refractivity (Wildman–Crippen MR) is 103 cm³/mol. The quantitative estimate of drug-likeness (QED) is 0.885. The van der Waals surface area contributed by atoms with Crippen LogP contribution in [0.15, 0.2) is 30.5 Å². The fraction of sp³-hybridized carbons (Fsp3) is 0.524. The van der Waals surface area contributed by atoms with Crippen LogP contribution in [0.25, 0.3) is 0 Å². The largest absolute Gasteiger partial charge is 0.330 e. The minimum Gasteiger partial charge on any atom is -0.330 e. The highest BCUT2D eigenvalue weighted by Crippen LogP contribution is 2.36. The molecule has 3 N–H and O–H groups in total. The first-order valence-corrected chi connectivity index (χ1v) is 9.82. The molecule has 5 heteroatoms. The number of nitrogens with zero attached hydrogens (tertiary/aromatic N) is 2. The van der Waals surface area contributed by atoms with Gasteiger partial charge in [-0.15, -0.1) is 0 Å². The number of amides is 1. The molecule has 1 aromatic carbocycles. The van der Waals surface area contributed by atoms with Gasteiger partial charge in [-0.05, 0) is 62.6 Å². The van der Waals surface area contributed by atoms with E-state index in [0.717, 1.165) is 49.9 Å². The highest BCUT2D eigenvalue weighted by molar-refractivity contribution is 5.92. The summed E-state index contributed by atoms with van der Waals surface area (Å²) in [6.07, 6.45) is 8.27. The molecule has 1 heterocycles. The van der Waals surface area contributed by atoms with E-state index in [1.165, 1.54) is 11.1 Å². The maximum atomic E-state index is 12.9. The Kier molecular flexibility index (Phi) is 4.81. The summed E-state index contributed by atoms with van der Waals surface area (Å²) in [4.78, 5) is 12.9. The highest BCUT2D eigenvalue weighted by Gasteiger charge is 2.33. The van der Waals surface area contributed by atoms with E-state index in [1.54, 1.807) is 0 Å². The lowest BCUT2D eigenvalue weighted by Crippen LogP contribution is -2.31. The highest BCUT2D eigenvalue weighted by atomic mass is 16.2. The molecule has 1 fully saturated rings. The third-order valence-electron chi connectivity index (χ3n) is 6.15. The van der Waals surface area contributed by atoms with Crippen molar-refractivity contribution in [3.63, 3.8) is 0 Å². The number of carbonyl (C=O) groups is 1. The van der Waals surface area contributed by atoms with E-state index >= 15 is 0 Å². The van der Waals surface area contributed by atoms with Gasteiger partial charge in [0.25, 0.3) is 0 Å². The third kappa shape index (κ3) is 3.05. The molecule has 1 saturated carbocycles. The molecule has 138 valence electrons. The molecule has 2 aliphatic carbocycles. The van der Waals surface area contributed by atoms with Crippen LogP contribution in [0.5, 0.6) is 0 Å². The maximum absolute atomic E-state index is 12.9. The van der Waals surface area contributed by atoms with Gasteiger partial charge in [-0.25, -0.2) is 4.68 Å². The van der Waals surface area contributed by atoms with Crippen molar-refractivity contribution < 1.29 is 4.79 Å². The average Bonchev–Trinajstić information content (AvgIpc) is 3.28. The van der Waals surface area contributed by atoms with E-state index in [0.29, 0.717) is 12.5 Å². The van der Waals surface area contributed by atoms with E-state index in [-0.39, 0.29) is 17.9 Å². The van der Waals surface area contributed by atoms with E-state index in [1.807, 2.05) is 17.8 Å². The fourth-order valence-corrected chi connectivity index (χ4v) is 4.70. The van der Waals surface area contributed by atoms with Gasteiger partial charge in [-0.1, -0.05) is 30.7 Å². The normalized spacial score (nSPS) is 25.1. The number of hydrogen-bond donors (Lipinski definition) is 2. The lowest BCUT2D eigenvalue weighted by atomic mass is 9.88. The molecule has 4 rings (SSSR count). The SMILES string of the molecule is Cc1cnn(C2CCCc3ccccc32)c1NC(=O)[C@@H]1CCC[C@@H]1CN. The topological polar surface area (TPSA) is 72.9 Å². The number of hydrogen-bond acceptors (Lipinski definition) is 3. The molecule has 0 saturated heterocycles. The second-order valence-corrected chi connectivity index (χ2v) is 7.75. The molecular formula is C21H28N4O. The molecule has 26 heavy (non-hydrogen) atoms. The molecule has 3 atom stereocenters. The van der Waals surface area contributed by atoms with Crippen molar-refractivity contribution in [2.45, 2.75) is 51.5 Å². The summed E-state index contributed by atoms with van der Waals surface area (Å²) in [6.45, 7) is 2.61. The van der Waals surface area contributed by atoms with Crippen molar-refractivity contribution in [3.05, 3.63) is 47.2 Å². The summed E-state index contributed by atoms with van der Waals surface area (Å²) in [5.41, 5.74) is 9.61. The summed E-state index contributed by atoms with van der Waals surface area (Å²) in [5, 5.41) is 7.83. The Labute approximate surface area is 155 Å². The lowest BCUT2D eigenvalue weighted by molar-refractivity contribution is -0.120. The van der Waals surface area contributed by atoms with Crippen LogP contribution < -0.4 is 11.1 Å². The van der Waals surface area contributed by atoms with E-state index in [9.17, 15) is 4.79 Å². The molecule has 1 amide bonds. The number of rotatable bonds is 4. The number of aromatic nitrogens is 2. The number of aryl methyl sites for hydroxylation is 2. The van der Waals surface area contributed by atoms with Gasteiger partial charge < -0.3 is 11.1 Å². The standard InChI is InChI=1S/C21H28N4O/c1-14-13-23-25(19-11-5-7-15-6-2-3-9-17(15)19)20(14)24-21(26)18-10-4-8-16(18)12-22/h2-3,6,9,13,16,18-19H,4-5,7-8,10-12,22H2,1H3,(H,24,26)/t16-,18-,19?/m1/s1. The minimum absolute atomic E-state index is 0.0291. The monoisotopic (exact) mass is 352 g/mol. The van der Waals surface area contributed by atoms with Gasteiger partial charge in [0, 0.05) is 11.5 Å². The zero-order chi connectivity index (χ0) is 18.1.